The summed E-state index contributed by atoms with van der Waals surface area (Å²) in [4.78, 5) is 7.25. The Morgan fingerprint density at radius 1 is 1.20 bits per heavy atom. The molecule has 0 unspecified atom stereocenters. The van der Waals surface area contributed by atoms with Crippen molar-refractivity contribution in [2.75, 3.05) is 13.4 Å². The third-order valence-corrected chi connectivity index (χ3v) is 7.96. The summed E-state index contributed by atoms with van der Waals surface area (Å²) in [7, 11) is 1.68. The fourth-order valence-electron chi connectivity index (χ4n) is 3.69. The quantitative estimate of drug-likeness (QED) is 0.300. The fourth-order valence-corrected chi connectivity index (χ4v) is 6.33. The molecule has 0 amide bonds. The van der Waals surface area contributed by atoms with Crippen LogP contribution in [0, 0.1) is 0 Å². The van der Waals surface area contributed by atoms with Gasteiger partial charge in [0.2, 0.25) is 0 Å². The molecule has 4 heterocycles. The molecule has 0 aliphatic carbocycles. The maximum absolute atomic E-state index is 6.02. The van der Waals surface area contributed by atoms with Gasteiger partial charge in [-0.1, -0.05) is 35.7 Å². The van der Waals surface area contributed by atoms with Crippen molar-refractivity contribution in [3.8, 4) is 5.75 Å². The standard InChI is InChI=1S/C21H22N4O2S3/c1-21(2)9-14-15(10-27-21)30-18-16(14)17-23-24-20(25(17)19(22-18)28-4)29-11-12-5-7-13(26-3)8-6-12/h5-8H,9-11H2,1-4H3. The lowest BCUT2D eigenvalue weighted by molar-refractivity contribution is -0.0379. The van der Waals surface area contributed by atoms with Gasteiger partial charge >= 0.3 is 0 Å². The molecule has 0 bridgehead atoms. The van der Waals surface area contributed by atoms with E-state index in [1.54, 1.807) is 42.0 Å². The molecule has 0 atom stereocenters. The van der Waals surface area contributed by atoms with Crippen LogP contribution in [-0.2, 0) is 23.5 Å². The Bertz CT molecular complexity index is 1230. The number of hydrogen-bond acceptors (Lipinski definition) is 8. The van der Waals surface area contributed by atoms with Crippen LogP contribution in [0.5, 0.6) is 5.75 Å². The largest absolute Gasteiger partial charge is 0.497 e. The predicted molar refractivity (Wildman–Crippen MR) is 123 cm³/mol. The normalized spacial score (nSPS) is 15.6. The number of thiophene rings is 1. The van der Waals surface area contributed by atoms with Crippen molar-refractivity contribution in [3.05, 3.63) is 40.3 Å². The van der Waals surface area contributed by atoms with E-state index in [9.17, 15) is 0 Å². The fraction of sp³-hybridized carbons (Fsp3) is 0.381. The highest BCUT2D eigenvalue weighted by Crippen LogP contribution is 2.41. The molecule has 4 aromatic rings. The first-order valence-electron chi connectivity index (χ1n) is 9.62. The van der Waals surface area contributed by atoms with Crippen LogP contribution < -0.4 is 4.74 Å². The van der Waals surface area contributed by atoms with Crippen molar-refractivity contribution in [1.29, 1.82) is 0 Å². The summed E-state index contributed by atoms with van der Waals surface area (Å²) in [6, 6.07) is 8.13. The molecular weight excluding hydrogens is 436 g/mol. The summed E-state index contributed by atoms with van der Waals surface area (Å²) in [6.45, 7) is 4.91. The van der Waals surface area contributed by atoms with E-state index in [0.717, 1.165) is 44.1 Å². The van der Waals surface area contributed by atoms with Crippen LogP contribution in [0.15, 0.2) is 34.6 Å². The lowest BCUT2D eigenvalue weighted by atomic mass is 9.94. The molecule has 3 aromatic heterocycles. The van der Waals surface area contributed by atoms with Crippen LogP contribution in [0.4, 0.5) is 0 Å². The van der Waals surface area contributed by atoms with Gasteiger partial charge in [0.05, 0.1) is 24.7 Å². The van der Waals surface area contributed by atoms with Gasteiger partial charge < -0.3 is 9.47 Å². The van der Waals surface area contributed by atoms with Gasteiger partial charge in [-0.25, -0.2) is 9.38 Å². The summed E-state index contributed by atoms with van der Waals surface area (Å²) >= 11 is 5.02. The Morgan fingerprint density at radius 3 is 2.73 bits per heavy atom. The second-order valence-corrected chi connectivity index (χ2v) is 10.6. The molecule has 0 saturated heterocycles. The average Bonchev–Trinajstić information content (AvgIpc) is 3.32. The zero-order valence-electron chi connectivity index (χ0n) is 17.3. The van der Waals surface area contributed by atoms with Crippen LogP contribution in [0.3, 0.4) is 0 Å². The molecule has 0 spiro atoms. The van der Waals surface area contributed by atoms with Gasteiger partial charge in [-0.2, -0.15) is 0 Å². The SMILES string of the molecule is COc1ccc(CSc2nnc3c4c5c(sc4nc(SC)n23)COC(C)(C)C5)cc1. The van der Waals surface area contributed by atoms with Crippen molar-refractivity contribution in [1.82, 2.24) is 19.6 Å². The first-order chi connectivity index (χ1) is 14.5. The Morgan fingerprint density at radius 2 is 2.00 bits per heavy atom. The molecule has 0 radical (unpaired) electrons. The second-order valence-electron chi connectivity index (χ2n) is 7.79. The first-order valence-corrected chi connectivity index (χ1v) is 12.6. The van der Waals surface area contributed by atoms with E-state index in [1.165, 1.54) is 16.0 Å². The van der Waals surface area contributed by atoms with Crippen molar-refractivity contribution in [2.24, 2.45) is 0 Å². The summed E-state index contributed by atoms with van der Waals surface area (Å²) < 4.78 is 13.4. The third kappa shape index (κ3) is 3.47. The first kappa shape index (κ1) is 20.1. The van der Waals surface area contributed by atoms with Crippen molar-refractivity contribution < 1.29 is 9.47 Å². The Kier molecular flexibility index (Phi) is 5.17. The number of thioether (sulfide) groups is 2. The molecule has 5 rings (SSSR count). The number of fused-ring (bicyclic) bond motifs is 5. The lowest BCUT2D eigenvalue weighted by Gasteiger charge is -2.30. The molecule has 9 heteroatoms. The van der Waals surface area contributed by atoms with E-state index in [-0.39, 0.29) is 5.60 Å². The van der Waals surface area contributed by atoms with Crippen LogP contribution >= 0.6 is 34.9 Å². The van der Waals surface area contributed by atoms with E-state index in [2.05, 4.69) is 40.6 Å². The Labute approximate surface area is 187 Å². The minimum atomic E-state index is -0.178. The van der Waals surface area contributed by atoms with Crippen LogP contribution in [-0.4, -0.2) is 38.5 Å². The molecule has 6 nitrogen and oxygen atoms in total. The van der Waals surface area contributed by atoms with Gasteiger partial charge in [0.15, 0.2) is 16.0 Å². The Hall–Kier alpha value is -1.81. The van der Waals surface area contributed by atoms with Crippen molar-refractivity contribution in [3.63, 3.8) is 0 Å². The van der Waals surface area contributed by atoms with Crippen LogP contribution in [0.25, 0.3) is 15.9 Å². The number of hydrogen-bond donors (Lipinski definition) is 0. The molecule has 1 aliphatic heterocycles. The molecular formula is C21H22N4O2S3. The Balaban J connectivity index is 1.57. The topological polar surface area (TPSA) is 61.5 Å². The molecule has 0 saturated carbocycles. The van der Waals surface area contributed by atoms with Crippen molar-refractivity contribution in [2.45, 2.75) is 48.5 Å². The maximum Gasteiger partial charge on any atom is 0.198 e. The summed E-state index contributed by atoms with van der Waals surface area (Å²) in [5.74, 6) is 1.67. The summed E-state index contributed by atoms with van der Waals surface area (Å²) in [5, 5.41) is 12.1. The average molecular weight is 459 g/mol. The second kappa shape index (κ2) is 7.71. The van der Waals surface area contributed by atoms with Crippen LogP contribution in [0.2, 0.25) is 0 Å². The molecule has 0 N–H and O–H groups in total. The minimum absolute atomic E-state index is 0.178. The van der Waals surface area contributed by atoms with E-state index in [4.69, 9.17) is 14.5 Å². The lowest BCUT2D eigenvalue weighted by Crippen LogP contribution is -2.31. The van der Waals surface area contributed by atoms with Crippen molar-refractivity contribution >= 4 is 50.7 Å². The maximum atomic E-state index is 6.02. The van der Waals surface area contributed by atoms with Gasteiger partial charge in [0.1, 0.15) is 10.6 Å². The monoisotopic (exact) mass is 458 g/mol. The summed E-state index contributed by atoms with van der Waals surface area (Å²) in [5.41, 5.74) is 3.25. The highest BCUT2D eigenvalue weighted by atomic mass is 32.2. The number of aromatic nitrogens is 4. The predicted octanol–water partition coefficient (Wildman–Crippen LogP) is 5.21. The number of nitrogens with zero attached hydrogens (tertiary/aromatic N) is 4. The van der Waals surface area contributed by atoms with Gasteiger partial charge in [-0.15, -0.1) is 21.5 Å². The summed E-state index contributed by atoms with van der Waals surface area (Å²) in [6.07, 6.45) is 2.91. The molecule has 30 heavy (non-hydrogen) atoms. The molecule has 0 fully saturated rings. The van der Waals surface area contributed by atoms with E-state index in [0.29, 0.717) is 6.61 Å². The van der Waals surface area contributed by atoms with Gasteiger partial charge in [-0.05, 0) is 43.4 Å². The third-order valence-electron chi connectivity index (χ3n) is 5.22. The van der Waals surface area contributed by atoms with Gasteiger partial charge in [0.25, 0.3) is 0 Å². The van der Waals surface area contributed by atoms with Gasteiger partial charge in [-0.3, -0.25) is 0 Å². The van der Waals surface area contributed by atoms with Crippen LogP contribution in [0.1, 0.15) is 29.9 Å². The van der Waals surface area contributed by atoms with E-state index in [1.807, 2.05) is 18.4 Å². The zero-order chi connectivity index (χ0) is 20.9. The molecule has 1 aromatic carbocycles. The smallest absolute Gasteiger partial charge is 0.198 e. The zero-order valence-corrected chi connectivity index (χ0v) is 19.7. The number of benzene rings is 1. The van der Waals surface area contributed by atoms with E-state index < -0.39 is 0 Å². The van der Waals surface area contributed by atoms with Gasteiger partial charge in [0, 0.05) is 17.1 Å². The van der Waals surface area contributed by atoms with E-state index >= 15 is 0 Å². The highest BCUT2D eigenvalue weighted by molar-refractivity contribution is 7.99. The molecule has 156 valence electrons. The highest BCUT2D eigenvalue weighted by Gasteiger charge is 2.31. The minimum Gasteiger partial charge on any atom is -0.497 e. The molecule has 1 aliphatic rings. The number of methoxy groups -OCH3 is 1. The number of rotatable bonds is 5. The number of ether oxygens (including phenoxy) is 2.